The highest BCUT2D eigenvalue weighted by Crippen LogP contribution is 2.40. The van der Waals surface area contributed by atoms with Gasteiger partial charge in [0.05, 0.1) is 37.8 Å². The summed E-state index contributed by atoms with van der Waals surface area (Å²) in [6.07, 6.45) is -0.902. The second-order valence-corrected chi connectivity index (χ2v) is 7.53. The lowest BCUT2D eigenvalue weighted by atomic mass is 10.3. The summed E-state index contributed by atoms with van der Waals surface area (Å²) in [5.74, 6) is -1.28. The molecule has 1 aromatic heterocycles. The number of halogens is 7. The molecule has 0 saturated carbocycles. The standard InChI is InChI=1S/C18H15Cl4F3N2O4/c1-28-12-9-26-17(18(23,24)25)27-16(12)31-7-2-6-30-15-10(19)3-4-11(14(15)22)29-8-5-13(20)21/h3-5,8-9,13H,2,6-7H2,1H3. The van der Waals surface area contributed by atoms with Crippen molar-refractivity contribution in [1.82, 2.24) is 9.97 Å². The van der Waals surface area contributed by atoms with E-state index in [1.165, 1.54) is 31.6 Å². The van der Waals surface area contributed by atoms with Crippen LogP contribution in [0.1, 0.15) is 12.2 Å². The van der Waals surface area contributed by atoms with Gasteiger partial charge in [-0.25, -0.2) is 4.98 Å². The highest BCUT2D eigenvalue weighted by atomic mass is 35.5. The average Bonchev–Trinajstić information content (AvgIpc) is 2.70. The van der Waals surface area contributed by atoms with Crippen molar-refractivity contribution in [2.24, 2.45) is 0 Å². The molecule has 2 rings (SSSR count). The zero-order valence-electron chi connectivity index (χ0n) is 15.8. The summed E-state index contributed by atoms with van der Waals surface area (Å²) in [6, 6.07) is 3.05. The van der Waals surface area contributed by atoms with E-state index in [0.717, 1.165) is 6.20 Å². The summed E-state index contributed by atoms with van der Waals surface area (Å²) in [6.45, 7) is 0.0648. The second-order valence-electron chi connectivity index (χ2n) is 5.58. The Morgan fingerprint density at radius 3 is 2.45 bits per heavy atom. The molecule has 2 aromatic rings. The third-order valence-electron chi connectivity index (χ3n) is 3.40. The summed E-state index contributed by atoms with van der Waals surface area (Å²) >= 11 is 23.5. The number of ether oxygens (including phenoxy) is 4. The molecule has 1 heterocycles. The fourth-order valence-electron chi connectivity index (χ4n) is 2.05. The number of allylic oxidation sites excluding steroid dienone is 1. The van der Waals surface area contributed by atoms with Crippen LogP contribution in [-0.2, 0) is 6.18 Å². The van der Waals surface area contributed by atoms with Gasteiger partial charge >= 0.3 is 6.18 Å². The average molecular weight is 522 g/mol. The molecule has 170 valence electrons. The van der Waals surface area contributed by atoms with Crippen molar-refractivity contribution in [3.05, 3.63) is 46.5 Å². The van der Waals surface area contributed by atoms with E-state index in [-0.39, 0.29) is 52.8 Å². The van der Waals surface area contributed by atoms with Crippen LogP contribution in [0.25, 0.3) is 0 Å². The maximum absolute atomic E-state index is 12.8. The molecule has 0 aliphatic carbocycles. The van der Waals surface area contributed by atoms with E-state index in [2.05, 4.69) is 9.97 Å². The van der Waals surface area contributed by atoms with Gasteiger partial charge in [-0.15, -0.1) is 23.2 Å². The van der Waals surface area contributed by atoms with Gasteiger partial charge in [0.15, 0.2) is 11.5 Å². The van der Waals surface area contributed by atoms with E-state index in [1.807, 2.05) is 0 Å². The van der Waals surface area contributed by atoms with E-state index in [0.29, 0.717) is 0 Å². The Hall–Kier alpha value is -1.81. The number of aromatic nitrogens is 2. The normalized spacial score (nSPS) is 11.8. The first kappa shape index (κ1) is 25.5. The SMILES string of the molecule is COc1cnc(C(F)(F)F)nc1OCCCOc1c(Cl)ccc(OC=CC(Cl)Cl)c1Cl. The summed E-state index contributed by atoms with van der Waals surface area (Å²) in [5, 5.41) is 0.355. The van der Waals surface area contributed by atoms with Gasteiger partial charge in [0.1, 0.15) is 15.6 Å². The first-order valence-electron chi connectivity index (χ1n) is 8.46. The summed E-state index contributed by atoms with van der Waals surface area (Å²) in [5.41, 5.74) is 0. The van der Waals surface area contributed by atoms with Gasteiger partial charge in [-0.2, -0.15) is 18.2 Å². The van der Waals surface area contributed by atoms with Gasteiger partial charge in [-0.1, -0.05) is 23.2 Å². The Bertz CT molecular complexity index is 914. The lowest BCUT2D eigenvalue weighted by Gasteiger charge is -2.14. The van der Waals surface area contributed by atoms with Crippen LogP contribution in [0.3, 0.4) is 0 Å². The number of benzene rings is 1. The number of methoxy groups -OCH3 is 1. The molecule has 0 saturated heterocycles. The van der Waals surface area contributed by atoms with E-state index >= 15 is 0 Å². The smallest absolute Gasteiger partial charge is 0.451 e. The quantitative estimate of drug-likeness (QED) is 0.206. The van der Waals surface area contributed by atoms with Crippen molar-refractivity contribution in [2.45, 2.75) is 17.4 Å². The van der Waals surface area contributed by atoms with Crippen LogP contribution in [0.2, 0.25) is 10.0 Å². The molecule has 0 spiro atoms. The molecule has 0 aliphatic heterocycles. The number of hydrogen-bond donors (Lipinski definition) is 0. The molecule has 31 heavy (non-hydrogen) atoms. The molecule has 0 unspecified atom stereocenters. The number of alkyl halides is 5. The molecule has 0 N–H and O–H groups in total. The lowest BCUT2D eigenvalue weighted by molar-refractivity contribution is -0.145. The van der Waals surface area contributed by atoms with Gasteiger partial charge in [-0.05, 0) is 18.2 Å². The topological polar surface area (TPSA) is 62.7 Å². The molecule has 0 aliphatic rings. The van der Waals surface area contributed by atoms with Crippen LogP contribution in [0.15, 0.2) is 30.7 Å². The number of nitrogens with zero attached hydrogens (tertiary/aromatic N) is 2. The van der Waals surface area contributed by atoms with Crippen molar-refractivity contribution in [2.75, 3.05) is 20.3 Å². The molecule has 1 aromatic carbocycles. The van der Waals surface area contributed by atoms with Gasteiger partial charge in [0.25, 0.3) is 5.88 Å². The van der Waals surface area contributed by atoms with Crippen molar-refractivity contribution < 1.29 is 32.1 Å². The number of hydrogen-bond acceptors (Lipinski definition) is 6. The summed E-state index contributed by atoms with van der Waals surface area (Å²) in [7, 11) is 1.26. The highest BCUT2D eigenvalue weighted by molar-refractivity contribution is 6.45. The van der Waals surface area contributed by atoms with E-state index < -0.39 is 16.8 Å². The third-order valence-corrected chi connectivity index (χ3v) is 4.35. The zero-order valence-corrected chi connectivity index (χ0v) is 18.8. The Balaban J connectivity index is 1.95. The zero-order chi connectivity index (χ0) is 23.0. The van der Waals surface area contributed by atoms with Crippen molar-refractivity contribution in [3.8, 4) is 23.1 Å². The lowest BCUT2D eigenvalue weighted by Crippen LogP contribution is -2.13. The maximum Gasteiger partial charge on any atom is 0.451 e. The van der Waals surface area contributed by atoms with Crippen LogP contribution in [0.5, 0.6) is 23.1 Å². The van der Waals surface area contributed by atoms with E-state index in [1.54, 1.807) is 0 Å². The molecular formula is C18H15Cl4F3N2O4. The van der Waals surface area contributed by atoms with Crippen molar-refractivity contribution >= 4 is 46.4 Å². The molecule has 0 amide bonds. The monoisotopic (exact) mass is 520 g/mol. The number of rotatable bonds is 10. The van der Waals surface area contributed by atoms with E-state index in [9.17, 15) is 13.2 Å². The molecule has 0 fully saturated rings. The predicted octanol–water partition coefficient (Wildman–Crippen LogP) is 6.35. The minimum absolute atomic E-state index is 0.0222. The van der Waals surface area contributed by atoms with Crippen molar-refractivity contribution in [3.63, 3.8) is 0 Å². The summed E-state index contributed by atoms with van der Waals surface area (Å²) in [4.78, 5) is 5.79. The van der Waals surface area contributed by atoms with Crippen LogP contribution in [0.4, 0.5) is 13.2 Å². The Morgan fingerprint density at radius 2 is 1.81 bits per heavy atom. The minimum atomic E-state index is -4.71. The van der Waals surface area contributed by atoms with Crippen LogP contribution >= 0.6 is 46.4 Å². The molecule has 6 nitrogen and oxygen atoms in total. The maximum atomic E-state index is 12.8. The first-order valence-corrected chi connectivity index (χ1v) is 10.1. The van der Waals surface area contributed by atoms with Crippen LogP contribution < -0.4 is 18.9 Å². The summed E-state index contributed by atoms with van der Waals surface area (Å²) < 4.78 is 59.4. The highest BCUT2D eigenvalue weighted by Gasteiger charge is 2.35. The Labute approximate surface area is 195 Å². The predicted molar refractivity (Wildman–Crippen MR) is 111 cm³/mol. The fourth-order valence-corrected chi connectivity index (χ4v) is 2.69. The second kappa shape index (κ2) is 11.7. The minimum Gasteiger partial charge on any atom is -0.490 e. The molecular weight excluding hydrogens is 507 g/mol. The molecule has 0 atom stereocenters. The Morgan fingerprint density at radius 1 is 1.10 bits per heavy atom. The van der Waals surface area contributed by atoms with Gasteiger partial charge in [0, 0.05) is 6.42 Å². The fraction of sp³-hybridized carbons (Fsp3) is 0.333. The van der Waals surface area contributed by atoms with Gasteiger partial charge < -0.3 is 18.9 Å². The largest absolute Gasteiger partial charge is 0.490 e. The van der Waals surface area contributed by atoms with Gasteiger partial charge in [0.2, 0.25) is 5.82 Å². The first-order chi connectivity index (χ1) is 14.6. The molecule has 0 radical (unpaired) electrons. The van der Waals surface area contributed by atoms with Gasteiger partial charge in [-0.3, -0.25) is 0 Å². The van der Waals surface area contributed by atoms with Crippen LogP contribution in [0, 0.1) is 0 Å². The molecule has 0 bridgehead atoms. The Kier molecular flexibility index (Phi) is 9.61. The van der Waals surface area contributed by atoms with Crippen LogP contribution in [-0.4, -0.2) is 35.1 Å². The van der Waals surface area contributed by atoms with E-state index in [4.69, 9.17) is 65.4 Å². The molecule has 13 heteroatoms. The third kappa shape index (κ3) is 7.68. The van der Waals surface area contributed by atoms with Crippen molar-refractivity contribution in [1.29, 1.82) is 0 Å².